The molecule has 4 heteroatoms. The number of carbonyl (C=O) groups excluding carboxylic acids is 1. The minimum absolute atomic E-state index is 0.0647. The van der Waals surface area contributed by atoms with Crippen LogP contribution in [0.3, 0.4) is 0 Å². The van der Waals surface area contributed by atoms with Gasteiger partial charge in [-0.3, -0.25) is 4.79 Å². The third kappa shape index (κ3) is 3.32. The second-order valence-electron chi connectivity index (χ2n) is 3.75. The normalized spacial score (nSPS) is 12.2. The molecule has 0 saturated heterocycles. The molecule has 0 aliphatic carbocycles. The van der Waals surface area contributed by atoms with Gasteiger partial charge in [-0.15, -0.1) is 0 Å². The molecule has 0 radical (unpaired) electrons. The van der Waals surface area contributed by atoms with E-state index in [4.69, 9.17) is 10.8 Å². The molecule has 4 N–H and O–H groups in total. The number of benzene rings is 1. The summed E-state index contributed by atoms with van der Waals surface area (Å²) < 4.78 is 0. The first kappa shape index (κ1) is 12.7. The summed E-state index contributed by atoms with van der Waals surface area (Å²) in [4.78, 5) is 11.8. The molecule has 1 rings (SSSR count). The number of hydrogen-bond donors (Lipinski definition) is 3. The standard InChI is InChI=1S/C12H18N2O2/c1-9(8-15)14-12(16)11-5-3-2-4-10(11)6-7-13/h2-5,9,15H,6-8,13H2,1H3,(H,14,16)/t9-/m1/s1. The Kier molecular flexibility index (Phi) is 4.95. The molecule has 0 aromatic heterocycles. The maximum absolute atomic E-state index is 11.8. The van der Waals surface area contributed by atoms with Crippen molar-refractivity contribution in [1.82, 2.24) is 5.32 Å². The van der Waals surface area contributed by atoms with Gasteiger partial charge in [-0.25, -0.2) is 0 Å². The van der Waals surface area contributed by atoms with E-state index in [-0.39, 0.29) is 18.6 Å². The third-order valence-corrected chi connectivity index (χ3v) is 2.33. The zero-order valence-corrected chi connectivity index (χ0v) is 9.44. The Morgan fingerprint density at radius 1 is 1.50 bits per heavy atom. The van der Waals surface area contributed by atoms with Crippen molar-refractivity contribution in [1.29, 1.82) is 0 Å². The fraction of sp³-hybridized carbons (Fsp3) is 0.417. The van der Waals surface area contributed by atoms with Crippen molar-refractivity contribution in [3.05, 3.63) is 35.4 Å². The van der Waals surface area contributed by atoms with Gasteiger partial charge in [0.2, 0.25) is 0 Å². The molecule has 0 fully saturated rings. The van der Waals surface area contributed by atoms with E-state index in [1.165, 1.54) is 0 Å². The largest absolute Gasteiger partial charge is 0.394 e. The molecule has 0 aliphatic heterocycles. The van der Waals surface area contributed by atoms with E-state index in [1.54, 1.807) is 13.0 Å². The molecule has 16 heavy (non-hydrogen) atoms. The van der Waals surface area contributed by atoms with E-state index in [9.17, 15) is 4.79 Å². The van der Waals surface area contributed by atoms with Gasteiger partial charge in [0, 0.05) is 11.6 Å². The average molecular weight is 222 g/mol. The second-order valence-corrected chi connectivity index (χ2v) is 3.75. The molecular weight excluding hydrogens is 204 g/mol. The first-order valence-electron chi connectivity index (χ1n) is 5.38. The quantitative estimate of drug-likeness (QED) is 0.670. The van der Waals surface area contributed by atoms with Crippen LogP contribution in [0.15, 0.2) is 24.3 Å². The van der Waals surface area contributed by atoms with Crippen molar-refractivity contribution >= 4 is 5.91 Å². The molecule has 88 valence electrons. The van der Waals surface area contributed by atoms with Gasteiger partial charge in [-0.1, -0.05) is 18.2 Å². The van der Waals surface area contributed by atoms with Gasteiger partial charge in [0.1, 0.15) is 0 Å². The second kappa shape index (κ2) is 6.25. The smallest absolute Gasteiger partial charge is 0.251 e. The SMILES string of the molecule is C[C@H](CO)NC(=O)c1ccccc1CCN. The van der Waals surface area contributed by atoms with Crippen LogP contribution in [0.25, 0.3) is 0 Å². The van der Waals surface area contributed by atoms with E-state index < -0.39 is 0 Å². The molecule has 1 aromatic rings. The highest BCUT2D eigenvalue weighted by atomic mass is 16.3. The van der Waals surface area contributed by atoms with Gasteiger partial charge in [0.15, 0.2) is 0 Å². The van der Waals surface area contributed by atoms with Gasteiger partial charge >= 0.3 is 0 Å². The zero-order chi connectivity index (χ0) is 12.0. The average Bonchev–Trinajstić information content (AvgIpc) is 2.30. The maximum Gasteiger partial charge on any atom is 0.251 e. The highest BCUT2D eigenvalue weighted by Gasteiger charge is 2.12. The summed E-state index contributed by atoms with van der Waals surface area (Å²) in [5.41, 5.74) is 7.06. The van der Waals surface area contributed by atoms with Crippen LogP contribution in [0.4, 0.5) is 0 Å². The summed E-state index contributed by atoms with van der Waals surface area (Å²) in [5, 5.41) is 11.6. The molecule has 1 amide bonds. The number of carbonyl (C=O) groups is 1. The van der Waals surface area contributed by atoms with Crippen molar-refractivity contribution in [2.24, 2.45) is 5.73 Å². The lowest BCUT2D eigenvalue weighted by molar-refractivity contribution is 0.0921. The molecule has 0 bridgehead atoms. The minimum atomic E-state index is -0.238. The molecule has 0 saturated carbocycles. The Labute approximate surface area is 95.5 Å². The van der Waals surface area contributed by atoms with Gasteiger partial charge < -0.3 is 16.2 Å². The fourth-order valence-electron chi connectivity index (χ4n) is 1.46. The predicted octanol–water partition coefficient (Wildman–Crippen LogP) is 0.298. The molecule has 0 aliphatic rings. The monoisotopic (exact) mass is 222 g/mol. The Hall–Kier alpha value is -1.39. The Balaban J connectivity index is 2.81. The van der Waals surface area contributed by atoms with Crippen LogP contribution < -0.4 is 11.1 Å². The molecule has 1 aromatic carbocycles. The van der Waals surface area contributed by atoms with Crippen LogP contribution in [0.1, 0.15) is 22.8 Å². The Bertz CT molecular complexity index is 353. The lowest BCUT2D eigenvalue weighted by Gasteiger charge is -2.13. The van der Waals surface area contributed by atoms with Crippen LogP contribution in [-0.4, -0.2) is 30.2 Å². The number of rotatable bonds is 5. The molecule has 0 spiro atoms. The highest BCUT2D eigenvalue weighted by Crippen LogP contribution is 2.09. The van der Waals surface area contributed by atoms with E-state index >= 15 is 0 Å². The number of amides is 1. The number of hydrogen-bond acceptors (Lipinski definition) is 3. The molecular formula is C12H18N2O2. The molecule has 1 atom stereocenters. The number of aliphatic hydroxyl groups is 1. The van der Waals surface area contributed by atoms with Crippen LogP contribution in [-0.2, 0) is 6.42 Å². The predicted molar refractivity (Wildman–Crippen MR) is 63.2 cm³/mol. The van der Waals surface area contributed by atoms with Gasteiger partial charge in [0.05, 0.1) is 6.61 Å². The van der Waals surface area contributed by atoms with Gasteiger partial charge in [-0.05, 0) is 31.5 Å². The first-order chi connectivity index (χ1) is 7.69. The van der Waals surface area contributed by atoms with Crippen LogP contribution in [0.2, 0.25) is 0 Å². The minimum Gasteiger partial charge on any atom is -0.394 e. The lowest BCUT2D eigenvalue weighted by Crippen LogP contribution is -2.35. The van der Waals surface area contributed by atoms with Crippen LogP contribution in [0, 0.1) is 0 Å². The van der Waals surface area contributed by atoms with E-state index in [0.717, 1.165) is 5.56 Å². The van der Waals surface area contributed by atoms with Gasteiger partial charge in [-0.2, -0.15) is 0 Å². The third-order valence-electron chi connectivity index (χ3n) is 2.33. The number of nitrogens with two attached hydrogens (primary N) is 1. The van der Waals surface area contributed by atoms with Crippen molar-refractivity contribution < 1.29 is 9.90 Å². The molecule has 0 unspecified atom stereocenters. The summed E-state index contributed by atoms with van der Waals surface area (Å²) in [7, 11) is 0. The summed E-state index contributed by atoms with van der Waals surface area (Å²) in [6, 6.07) is 7.13. The molecule has 0 heterocycles. The van der Waals surface area contributed by atoms with Crippen molar-refractivity contribution in [2.45, 2.75) is 19.4 Å². The van der Waals surface area contributed by atoms with Crippen LogP contribution in [0.5, 0.6) is 0 Å². The first-order valence-corrected chi connectivity index (χ1v) is 5.38. The number of nitrogens with one attached hydrogen (secondary N) is 1. The summed E-state index contributed by atoms with van der Waals surface area (Å²) >= 11 is 0. The number of aliphatic hydroxyl groups excluding tert-OH is 1. The topological polar surface area (TPSA) is 75.3 Å². The Morgan fingerprint density at radius 2 is 2.19 bits per heavy atom. The van der Waals surface area contributed by atoms with Crippen molar-refractivity contribution in [3.8, 4) is 0 Å². The Morgan fingerprint density at radius 3 is 2.81 bits per heavy atom. The van der Waals surface area contributed by atoms with E-state index in [0.29, 0.717) is 18.5 Å². The lowest BCUT2D eigenvalue weighted by atomic mass is 10.0. The fourth-order valence-corrected chi connectivity index (χ4v) is 1.46. The van der Waals surface area contributed by atoms with Crippen molar-refractivity contribution in [3.63, 3.8) is 0 Å². The summed E-state index contributed by atoms with van der Waals surface area (Å²) in [6.45, 7) is 2.20. The zero-order valence-electron chi connectivity index (χ0n) is 9.44. The van der Waals surface area contributed by atoms with Crippen LogP contribution >= 0.6 is 0 Å². The summed E-state index contributed by atoms with van der Waals surface area (Å²) in [5.74, 6) is -0.161. The maximum atomic E-state index is 11.8. The van der Waals surface area contributed by atoms with E-state index in [2.05, 4.69) is 5.32 Å². The van der Waals surface area contributed by atoms with Gasteiger partial charge in [0.25, 0.3) is 5.91 Å². The van der Waals surface area contributed by atoms with E-state index in [1.807, 2.05) is 18.2 Å². The highest BCUT2D eigenvalue weighted by molar-refractivity contribution is 5.95. The van der Waals surface area contributed by atoms with Crippen molar-refractivity contribution in [2.75, 3.05) is 13.2 Å². The molecule has 4 nitrogen and oxygen atoms in total. The summed E-state index contributed by atoms with van der Waals surface area (Å²) in [6.07, 6.45) is 0.678.